The standard InChI is InChI=1S/C14H21BrN2O2S/c1-14(2,3)20(19)17-13-5-9(8-18)4-10-11(13)6-16-7-12(10)15/h6-7,9,13,17-18H,4-5,8H2,1-3H3. The minimum absolute atomic E-state index is 0.0269. The first-order chi connectivity index (χ1) is 9.32. The van der Waals surface area contributed by atoms with E-state index in [1.165, 1.54) is 0 Å². The van der Waals surface area contributed by atoms with Gasteiger partial charge in [-0.05, 0) is 66.6 Å². The Bertz CT molecular complexity index is 516. The van der Waals surface area contributed by atoms with E-state index in [0.717, 1.165) is 28.4 Å². The number of nitrogens with one attached hydrogen (secondary N) is 1. The topological polar surface area (TPSA) is 62.2 Å². The quantitative estimate of drug-likeness (QED) is 0.870. The molecule has 0 bridgehead atoms. The van der Waals surface area contributed by atoms with Crippen LogP contribution in [0, 0.1) is 5.92 Å². The summed E-state index contributed by atoms with van der Waals surface area (Å²) < 4.78 is 16.2. The van der Waals surface area contributed by atoms with Gasteiger partial charge in [-0.3, -0.25) is 4.98 Å². The third kappa shape index (κ3) is 3.47. The van der Waals surface area contributed by atoms with Crippen molar-refractivity contribution in [1.29, 1.82) is 0 Å². The van der Waals surface area contributed by atoms with Gasteiger partial charge in [0.1, 0.15) is 0 Å². The van der Waals surface area contributed by atoms with Gasteiger partial charge in [-0.2, -0.15) is 0 Å². The average molecular weight is 361 g/mol. The summed E-state index contributed by atoms with van der Waals surface area (Å²) in [7, 11) is -1.14. The van der Waals surface area contributed by atoms with Crippen molar-refractivity contribution in [2.45, 2.75) is 44.4 Å². The number of halogens is 1. The van der Waals surface area contributed by atoms with Gasteiger partial charge in [-0.25, -0.2) is 8.93 Å². The number of pyridine rings is 1. The smallest absolute Gasteiger partial charge is 0.0975 e. The van der Waals surface area contributed by atoms with Gasteiger partial charge in [0, 0.05) is 29.5 Å². The first-order valence-corrected chi connectivity index (χ1v) is 8.68. The van der Waals surface area contributed by atoms with Crippen LogP contribution in [-0.4, -0.2) is 25.7 Å². The number of aliphatic hydroxyl groups excluding tert-OH is 1. The van der Waals surface area contributed by atoms with E-state index in [9.17, 15) is 9.32 Å². The second-order valence-electron chi connectivity index (χ2n) is 6.23. The van der Waals surface area contributed by atoms with Crippen LogP contribution in [0.25, 0.3) is 0 Å². The molecular formula is C14H21BrN2O2S. The van der Waals surface area contributed by atoms with Gasteiger partial charge in [-0.15, -0.1) is 0 Å². The fraction of sp³-hybridized carbons (Fsp3) is 0.643. The molecule has 1 aromatic heterocycles. The summed E-state index contributed by atoms with van der Waals surface area (Å²) in [6.45, 7) is 5.99. The molecule has 0 spiro atoms. The van der Waals surface area contributed by atoms with Gasteiger partial charge in [0.05, 0.1) is 15.7 Å². The first-order valence-electron chi connectivity index (χ1n) is 6.74. The molecule has 0 aliphatic heterocycles. The molecule has 0 amide bonds. The molecule has 0 aromatic carbocycles. The number of aliphatic hydroxyl groups is 1. The predicted molar refractivity (Wildman–Crippen MR) is 84.6 cm³/mol. The Morgan fingerprint density at radius 2 is 2.20 bits per heavy atom. The summed E-state index contributed by atoms with van der Waals surface area (Å²) in [6, 6.07) is -0.0269. The molecule has 112 valence electrons. The van der Waals surface area contributed by atoms with Crippen molar-refractivity contribution >= 4 is 26.9 Å². The second kappa shape index (κ2) is 6.22. The van der Waals surface area contributed by atoms with E-state index in [0.29, 0.717) is 0 Å². The molecule has 2 N–H and O–H groups in total. The lowest BCUT2D eigenvalue weighted by Gasteiger charge is -2.33. The SMILES string of the molecule is CC(C)(C)S(=O)NC1CC(CO)Cc2c(Br)cncc21. The Kier molecular flexibility index (Phi) is 5.00. The number of hydrogen-bond acceptors (Lipinski definition) is 3. The van der Waals surface area contributed by atoms with Crippen molar-refractivity contribution in [2.75, 3.05) is 6.61 Å². The highest BCUT2D eigenvalue weighted by Gasteiger charge is 2.31. The van der Waals surface area contributed by atoms with Crippen molar-refractivity contribution in [1.82, 2.24) is 9.71 Å². The van der Waals surface area contributed by atoms with E-state index in [1.807, 2.05) is 27.0 Å². The number of nitrogens with zero attached hydrogens (tertiary/aromatic N) is 1. The Labute approximate surface area is 131 Å². The predicted octanol–water partition coefficient (Wildman–Crippen LogP) is 2.49. The molecule has 1 heterocycles. The Morgan fingerprint density at radius 1 is 1.50 bits per heavy atom. The normalized spacial score (nSPS) is 24.2. The maximum Gasteiger partial charge on any atom is 0.0975 e. The molecule has 0 fully saturated rings. The number of rotatable bonds is 3. The number of hydrogen-bond donors (Lipinski definition) is 2. The molecular weight excluding hydrogens is 340 g/mol. The Hall–Kier alpha value is -0.300. The van der Waals surface area contributed by atoms with Crippen molar-refractivity contribution < 1.29 is 9.32 Å². The average Bonchev–Trinajstić information content (AvgIpc) is 2.38. The van der Waals surface area contributed by atoms with Gasteiger partial charge < -0.3 is 5.11 Å². The lowest BCUT2D eigenvalue weighted by atomic mass is 9.82. The molecule has 4 nitrogen and oxygen atoms in total. The van der Waals surface area contributed by atoms with Crippen LogP contribution in [0.15, 0.2) is 16.9 Å². The van der Waals surface area contributed by atoms with Crippen molar-refractivity contribution in [2.24, 2.45) is 5.92 Å². The van der Waals surface area contributed by atoms with E-state index in [1.54, 1.807) is 6.20 Å². The first kappa shape index (κ1) is 16.1. The molecule has 2 rings (SSSR count). The monoisotopic (exact) mass is 360 g/mol. The Balaban J connectivity index is 2.30. The molecule has 3 atom stereocenters. The molecule has 3 unspecified atom stereocenters. The zero-order valence-corrected chi connectivity index (χ0v) is 14.4. The van der Waals surface area contributed by atoms with Crippen LogP contribution in [0.5, 0.6) is 0 Å². The lowest BCUT2D eigenvalue weighted by molar-refractivity contribution is 0.201. The summed E-state index contributed by atoms with van der Waals surface area (Å²) in [6.07, 6.45) is 5.22. The molecule has 1 aliphatic rings. The van der Waals surface area contributed by atoms with Crippen LogP contribution in [0.1, 0.15) is 44.4 Å². The van der Waals surface area contributed by atoms with Gasteiger partial charge in [0.15, 0.2) is 0 Å². The molecule has 0 saturated carbocycles. The van der Waals surface area contributed by atoms with Crippen molar-refractivity contribution in [3.8, 4) is 0 Å². The minimum atomic E-state index is -1.14. The zero-order valence-electron chi connectivity index (χ0n) is 12.0. The Morgan fingerprint density at radius 3 is 2.80 bits per heavy atom. The number of aromatic nitrogens is 1. The van der Waals surface area contributed by atoms with Crippen LogP contribution < -0.4 is 4.72 Å². The maximum atomic E-state index is 12.3. The lowest BCUT2D eigenvalue weighted by Crippen LogP contribution is -2.38. The second-order valence-corrected chi connectivity index (χ2v) is 9.08. The van der Waals surface area contributed by atoms with Gasteiger partial charge >= 0.3 is 0 Å². The fourth-order valence-electron chi connectivity index (χ4n) is 2.38. The van der Waals surface area contributed by atoms with Gasteiger partial charge in [0.25, 0.3) is 0 Å². The highest BCUT2D eigenvalue weighted by Crippen LogP contribution is 2.36. The molecule has 1 aromatic rings. The summed E-state index contributed by atoms with van der Waals surface area (Å²) in [4.78, 5) is 4.22. The highest BCUT2D eigenvalue weighted by atomic mass is 79.9. The third-order valence-electron chi connectivity index (χ3n) is 3.54. The van der Waals surface area contributed by atoms with Crippen molar-refractivity contribution in [3.63, 3.8) is 0 Å². The zero-order chi connectivity index (χ0) is 14.9. The number of fused-ring (bicyclic) bond motifs is 1. The largest absolute Gasteiger partial charge is 0.396 e. The van der Waals surface area contributed by atoms with Crippen LogP contribution >= 0.6 is 15.9 Å². The molecule has 0 radical (unpaired) electrons. The summed E-state index contributed by atoms with van der Waals surface area (Å²) in [5.74, 6) is 0.190. The minimum Gasteiger partial charge on any atom is -0.396 e. The van der Waals surface area contributed by atoms with E-state index in [-0.39, 0.29) is 23.3 Å². The van der Waals surface area contributed by atoms with E-state index in [4.69, 9.17) is 0 Å². The van der Waals surface area contributed by atoms with Crippen LogP contribution in [-0.2, 0) is 17.4 Å². The van der Waals surface area contributed by atoms with Crippen LogP contribution in [0.3, 0.4) is 0 Å². The summed E-state index contributed by atoms with van der Waals surface area (Å²) in [5, 5.41) is 9.48. The summed E-state index contributed by atoms with van der Waals surface area (Å²) in [5.41, 5.74) is 2.25. The van der Waals surface area contributed by atoms with Gasteiger partial charge in [-0.1, -0.05) is 0 Å². The third-order valence-corrected chi connectivity index (χ3v) is 5.83. The van der Waals surface area contributed by atoms with Gasteiger partial charge in [0.2, 0.25) is 0 Å². The van der Waals surface area contributed by atoms with Crippen LogP contribution in [0.4, 0.5) is 0 Å². The summed E-state index contributed by atoms with van der Waals surface area (Å²) >= 11 is 3.52. The van der Waals surface area contributed by atoms with E-state index in [2.05, 4.69) is 25.6 Å². The van der Waals surface area contributed by atoms with Crippen LogP contribution in [0.2, 0.25) is 0 Å². The van der Waals surface area contributed by atoms with E-state index < -0.39 is 11.0 Å². The molecule has 0 saturated heterocycles. The molecule has 20 heavy (non-hydrogen) atoms. The fourth-order valence-corrected chi connectivity index (χ4v) is 3.73. The van der Waals surface area contributed by atoms with E-state index >= 15 is 0 Å². The molecule has 6 heteroatoms. The van der Waals surface area contributed by atoms with Crippen molar-refractivity contribution in [3.05, 3.63) is 28.0 Å². The molecule has 1 aliphatic carbocycles. The maximum absolute atomic E-state index is 12.3. The highest BCUT2D eigenvalue weighted by molar-refractivity contribution is 9.10.